The molecule has 2 saturated heterocycles. The van der Waals surface area contributed by atoms with Crippen molar-refractivity contribution in [3.8, 4) is 0 Å². The van der Waals surface area contributed by atoms with Crippen LogP contribution in [0.2, 0.25) is 0 Å². The molecule has 2 aromatic rings. The number of fused-ring (bicyclic) bond motifs is 1. The van der Waals surface area contributed by atoms with Crippen molar-refractivity contribution in [1.82, 2.24) is 24.1 Å². The summed E-state index contributed by atoms with van der Waals surface area (Å²) in [7, 11) is -3.51. The number of amides is 2. The SMILES string of the molecule is CCCCn1c(CCC(=O)N2CCNC(=O)C2)nc2cc(S(=O)(=O)N3CCCC3)ccc21. The van der Waals surface area contributed by atoms with Crippen molar-refractivity contribution in [1.29, 1.82) is 0 Å². The van der Waals surface area contributed by atoms with Crippen LogP contribution >= 0.6 is 0 Å². The number of benzene rings is 1. The molecule has 4 rings (SSSR count). The average Bonchev–Trinajstić information content (AvgIpc) is 3.44. The number of aryl methyl sites for hydroxylation is 2. The number of unbranched alkanes of at least 4 members (excludes halogenated alkanes) is 1. The van der Waals surface area contributed by atoms with Gasteiger partial charge in [-0.3, -0.25) is 9.59 Å². The highest BCUT2D eigenvalue weighted by Gasteiger charge is 2.28. The highest BCUT2D eigenvalue weighted by molar-refractivity contribution is 7.89. The largest absolute Gasteiger partial charge is 0.353 e. The zero-order valence-electron chi connectivity index (χ0n) is 18.5. The summed E-state index contributed by atoms with van der Waals surface area (Å²) in [6.45, 7) is 5.11. The maximum absolute atomic E-state index is 13.0. The van der Waals surface area contributed by atoms with Gasteiger partial charge in [-0.2, -0.15) is 4.31 Å². The molecule has 2 aliphatic rings. The second kappa shape index (κ2) is 9.58. The number of hydrogen-bond acceptors (Lipinski definition) is 5. The van der Waals surface area contributed by atoms with E-state index in [1.54, 1.807) is 17.0 Å². The van der Waals surface area contributed by atoms with Gasteiger partial charge in [0.05, 0.1) is 22.5 Å². The lowest BCUT2D eigenvalue weighted by Crippen LogP contribution is -2.50. The Balaban J connectivity index is 1.58. The number of sulfonamides is 1. The predicted octanol–water partition coefficient (Wildman–Crippen LogP) is 1.51. The van der Waals surface area contributed by atoms with E-state index in [9.17, 15) is 18.0 Å². The van der Waals surface area contributed by atoms with Gasteiger partial charge >= 0.3 is 0 Å². The molecule has 3 heterocycles. The summed E-state index contributed by atoms with van der Waals surface area (Å²) in [5.74, 6) is 0.580. The summed E-state index contributed by atoms with van der Waals surface area (Å²) in [4.78, 5) is 30.8. The van der Waals surface area contributed by atoms with Gasteiger partial charge < -0.3 is 14.8 Å². The maximum atomic E-state index is 13.0. The molecule has 9 nitrogen and oxygen atoms in total. The number of carbonyl (C=O) groups excluding carboxylic acids is 2. The van der Waals surface area contributed by atoms with Crippen LogP contribution in [0.5, 0.6) is 0 Å². The first-order valence-electron chi connectivity index (χ1n) is 11.4. The van der Waals surface area contributed by atoms with Crippen molar-refractivity contribution >= 4 is 32.9 Å². The molecule has 2 fully saturated rings. The van der Waals surface area contributed by atoms with E-state index in [4.69, 9.17) is 4.98 Å². The lowest BCUT2D eigenvalue weighted by Gasteiger charge is -2.26. The van der Waals surface area contributed by atoms with Gasteiger partial charge in [-0.05, 0) is 37.5 Å². The monoisotopic (exact) mass is 461 g/mol. The van der Waals surface area contributed by atoms with Crippen LogP contribution in [-0.4, -0.2) is 71.7 Å². The zero-order chi connectivity index (χ0) is 22.7. The first-order chi connectivity index (χ1) is 15.4. The Kier molecular flexibility index (Phi) is 6.80. The summed E-state index contributed by atoms with van der Waals surface area (Å²) in [6, 6.07) is 5.16. The van der Waals surface area contributed by atoms with Gasteiger partial charge in [-0.15, -0.1) is 0 Å². The van der Waals surface area contributed by atoms with Gasteiger partial charge in [0.1, 0.15) is 5.82 Å². The van der Waals surface area contributed by atoms with Crippen LogP contribution in [0.4, 0.5) is 0 Å². The van der Waals surface area contributed by atoms with Gasteiger partial charge in [0.15, 0.2) is 0 Å². The number of hydrogen-bond donors (Lipinski definition) is 1. The number of nitrogens with one attached hydrogen (secondary N) is 1. The molecular weight excluding hydrogens is 430 g/mol. The molecule has 10 heteroatoms. The second-order valence-electron chi connectivity index (χ2n) is 8.46. The number of piperazine rings is 1. The van der Waals surface area contributed by atoms with Crippen molar-refractivity contribution < 1.29 is 18.0 Å². The molecule has 0 saturated carbocycles. The summed E-state index contributed by atoms with van der Waals surface area (Å²) in [5, 5.41) is 2.73. The maximum Gasteiger partial charge on any atom is 0.243 e. The summed E-state index contributed by atoms with van der Waals surface area (Å²) < 4.78 is 29.6. The standard InChI is InChI=1S/C22H31N5O4S/c1-2-3-13-27-19-7-6-17(32(30,31)26-11-4-5-12-26)15-18(19)24-20(27)8-9-22(29)25-14-10-23-21(28)16-25/h6-7,15H,2-5,8-14,16H2,1H3,(H,23,28). The zero-order valence-corrected chi connectivity index (χ0v) is 19.4. The van der Waals surface area contributed by atoms with E-state index in [0.29, 0.717) is 38.1 Å². The molecule has 0 radical (unpaired) electrons. The molecule has 2 aliphatic heterocycles. The van der Waals surface area contributed by atoms with Crippen LogP contribution in [-0.2, 0) is 32.6 Å². The van der Waals surface area contributed by atoms with Gasteiger partial charge in [0, 0.05) is 45.6 Å². The number of rotatable bonds is 8. The molecule has 1 N–H and O–H groups in total. The molecule has 1 aromatic heterocycles. The van der Waals surface area contributed by atoms with Gasteiger partial charge in [0.25, 0.3) is 0 Å². The van der Waals surface area contributed by atoms with Crippen molar-refractivity contribution in [3.63, 3.8) is 0 Å². The highest BCUT2D eigenvalue weighted by atomic mass is 32.2. The average molecular weight is 462 g/mol. The molecule has 0 unspecified atom stereocenters. The van der Waals surface area contributed by atoms with Crippen LogP contribution in [0.25, 0.3) is 11.0 Å². The minimum atomic E-state index is -3.51. The third-order valence-electron chi connectivity index (χ3n) is 6.19. The molecule has 0 aliphatic carbocycles. The summed E-state index contributed by atoms with van der Waals surface area (Å²) >= 11 is 0. The van der Waals surface area contributed by atoms with E-state index >= 15 is 0 Å². The van der Waals surface area contributed by atoms with Crippen LogP contribution in [0.15, 0.2) is 23.1 Å². The lowest BCUT2D eigenvalue weighted by molar-refractivity contribution is -0.138. The van der Waals surface area contributed by atoms with Crippen LogP contribution in [0.1, 0.15) is 44.9 Å². The Morgan fingerprint density at radius 1 is 1.19 bits per heavy atom. The molecule has 0 bridgehead atoms. The Labute approximate surface area is 188 Å². The fourth-order valence-electron chi connectivity index (χ4n) is 4.38. The van der Waals surface area contributed by atoms with E-state index in [1.807, 2.05) is 6.07 Å². The highest BCUT2D eigenvalue weighted by Crippen LogP contribution is 2.26. The smallest absolute Gasteiger partial charge is 0.243 e. The fraction of sp³-hybridized carbons (Fsp3) is 0.591. The molecule has 174 valence electrons. The first-order valence-corrected chi connectivity index (χ1v) is 12.9. The van der Waals surface area contributed by atoms with E-state index in [2.05, 4.69) is 16.8 Å². The number of nitrogens with zero attached hydrogens (tertiary/aromatic N) is 4. The van der Waals surface area contributed by atoms with Crippen molar-refractivity contribution in [2.75, 3.05) is 32.7 Å². The number of imidazole rings is 1. The molecule has 32 heavy (non-hydrogen) atoms. The van der Waals surface area contributed by atoms with Crippen molar-refractivity contribution in [2.45, 2.75) is 56.9 Å². The fourth-order valence-corrected chi connectivity index (χ4v) is 5.92. The number of aromatic nitrogens is 2. The Hall–Kier alpha value is -2.46. The first kappa shape index (κ1) is 22.7. The summed E-state index contributed by atoms with van der Waals surface area (Å²) in [5.41, 5.74) is 1.53. The number of carbonyl (C=O) groups is 2. The van der Waals surface area contributed by atoms with E-state index < -0.39 is 10.0 Å². The van der Waals surface area contributed by atoms with Crippen LogP contribution in [0.3, 0.4) is 0 Å². The van der Waals surface area contributed by atoms with E-state index in [1.165, 1.54) is 4.31 Å². The predicted molar refractivity (Wildman–Crippen MR) is 121 cm³/mol. The van der Waals surface area contributed by atoms with Crippen LogP contribution in [0, 0.1) is 0 Å². The Bertz CT molecular complexity index is 1100. The van der Waals surface area contributed by atoms with E-state index in [0.717, 1.165) is 43.6 Å². The normalized spacial score (nSPS) is 17.8. The molecule has 0 spiro atoms. The Morgan fingerprint density at radius 2 is 1.97 bits per heavy atom. The van der Waals surface area contributed by atoms with Crippen molar-refractivity contribution in [3.05, 3.63) is 24.0 Å². The minimum Gasteiger partial charge on any atom is -0.353 e. The van der Waals surface area contributed by atoms with Crippen molar-refractivity contribution in [2.24, 2.45) is 0 Å². The second-order valence-corrected chi connectivity index (χ2v) is 10.4. The van der Waals surface area contributed by atoms with Crippen LogP contribution < -0.4 is 5.32 Å². The Morgan fingerprint density at radius 3 is 2.69 bits per heavy atom. The van der Waals surface area contributed by atoms with Gasteiger partial charge in [-0.1, -0.05) is 13.3 Å². The minimum absolute atomic E-state index is 0.0637. The molecular formula is C22H31N5O4S. The quantitative estimate of drug-likeness (QED) is 0.642. The van der Waals surface area contributed by atoms with Gasteiger partial charge in [-0.25, -0.2) is 13.4 Å². The molecule has 2 amide bonds. The molecule has 0 atom stereocenters. The van der Waals surface area contributed by atoms with Gasteiger partial charge in [0.2, 0.25) is 21.8 Å². The molecule has 1 aromatic carbocycles. The van der Waals surface area contributed by atoms with E-state index in [-0.39, 0.29) is 29.7 Å². The topological polar surface area (TPSA) is 105 Å². The third kappa shape index (κ3) is 4.66. The third-order valence-corrected chi connectivity index (χ3v) is 8.09. The lowest BCUT2D eigenvalue weighted by atomic mass is 10.2. The summed E-state index contributed by atoms with van der Waals surface area (Å²) in [6.07, 6.45) is 4.48.